The molecule has 0 aliphatic heterocycles. The quantitative estimate of drug-likeness (QED) is 0.175. The van der Waals surface area contributed by atoms with Crippen LogP contribution in [0.25, 0.3) is 96.7 Å². The van der Waals surface area contributed by atoms with Gasteiger partial charge in [-0.25, -0.2) is 0 Å². The topological polar surface area (TPSA) is 16.4 Å². The Morgan fingerprint density at radius 2 is 1.04 bits per heavy atom. The Kier molecular flexibility index (Phi) is 7.13. The largest absolute Gasteiger partial charge is 0.455 e. The third kappa shape index (κ3) is 5.10. The SMILES string of the molecule is c1ccc(-c2ccc3c(c2)sc2c(-c4cc5c(oc6cccc(N(c7ccc8ccccc8c7)c7ccc8ccccc8c7)c65)c5ccccc45)cccc23)cc1. The summed E-state index contributed by atoms with van der Waals surface area (Å²) >= 11 is 1.88. The van der Waals surface area contributed by atoms with Crippen LogP contribution in [0.4, 0.5) is 17.1 Å². The molecule has 266 valence electrons. The lowest BCUT2D eigenvalue weighted by Gasteiger charge is -2.27. The number of rotatable bonds is 5. The minimum absolute atomic E-state index is 0.866. The molecule has 2 heterocycles. The van der Waals surface area contributed by atoms with Crippen molar-refractivity contribution >= 4 is 103 Å². The van der Waals surface area contributed by atoms with Crippen LogP contribution in [-0.4, -0.2) is 0 Å². The van der Waals surface area contributed by atoms with Crippen LogP contribution in [0.1, 0.15) is 0 Å². The predicted molar refractivity (Wildman–Crippen MR) is 245 cm³/mol. The van der Waals surface area contributed by atoms with Gasteiger partial charge in [0.15, 0.2) is 0 Å². The second kappa shape index (κ2) is 12.7. The van der Waals surface area contributed by atoms with E-state index in [4.69, 9.17) is 4.42 Å². The van der Waals surface area contributed by atoms with E-state index in [-0.39, 0.29) is 0 Å². The monoisotopic (exact) mass is 743 g/mol. The maximum atomic E-state index is 6.93. The molecule has 12 aromatic rings. The van der Waals surface area contributed by atoms with E-state index in [1.807, 2.05) is 11.3 Å². The maximum absolute atomic E-state index is 6.93. The van der Waals surface area contributed by atoms with E-state index in [1.54, 1.807) is 0 Å². The zero-order valence-corrected chi connectivity index (χ0v) is 31.6. The van der Waals surface area contributed by atoms with Crippen LogP contribution < -0.4 is 4.90 Å². The lowest BCUT2D eigenvalue weighted by atomic mass is 9.94. The van der Waals surface area contributed by atoms with Gasteiger partial charge >= 0.3 is 0 Å². The van der Waals surface area contributed by atoms with Crippen LogP contribution in [0.3, 0.4) is 0 Å². The Morgan fingerprint density at radius 1 is 0.386 bits per heavy atom. The van der Waals surface area contributed by atoms with Crippen LogP contribution in [-0.2, 0) is 0 Å². The molecule has 0 saturated heterocycles. The first kappa shape index (κ1) is 32.1. The summed E-state index contributed by atoms with van der Waals surface area (Å²) in [6, 6.07) is 72.7. The van der Waals surface area contributed by atoms with E-state index in [1.165, 1.54) is 69.4 Å². The molecule has 57 heavy (non-hydrogen) atoms. The molecule has 0 amide bonds. The molecule has 0 aliphatic carbocycles. The van der Waals surface area contributed by atoms with E-state index in [9.17, 15) is 0 Å². The minimum Gasteiger partial charge on any atom is -0.455 e. The fourth-order valence-electron chi connectivity index (χ4n) is 8.92. The van der Waals surface area contributed by atoms with Gasteiger partial charge in [0.1, 0.15) is 11.2 Å². The molecule has 3 heteroatoms. The van der Waals surface area contributed by atoms with Crippen LogP contribution in [0, 0.1) is 0 Å². The van der Waals surface area contributed by atoms with Gasteiger partial charge in [-0.2, -0.15) is 0 Å². The minimum atomic E-state index is 0.866. The summed E-state index contributed by atoms with van der Waals surface area (Å²) in [5.41, 5.74) is 9.95. The average Bonchev–Trinajstić information content (AvgIpc) is 3.85. The summed E-state index contributed by atoms with van der Waals surface area (Å²) in [5.74, 6) is 0. The molecule has 2 aromatic heterocycles. The van der Waals surface area contributed by atoms with Crippen molar-refractivity contribution in [3.05, 3.63) is 200 Å². The van der Waals surface area contributed by atoms with Gasteiger partial charge in [-0.3, -0.25) is 0 Å². The molecule has 0 radical (unpaired) electrons. The first-order chi connectivity index (χ1) is 28.2. The number of nitrogens with zero attached hydrogens (tertiary/aromatic N) is 1. The number of fused-ring (bicyclic) bond motifs is 10. The number of hydrogen-bond donors (Lipinski definition) is 0. The molecule has 0 aliphatic rings. The zero-order chi connectivity index (χ0) is 37.5. The number of anilines is 3. The summed E-state index contributed by atoms with van der Waals surface area (Å²) in [6.45, 7) is 0. The highest BCUT2D eigenvalue weighted by Gasteiger charge is 2.23. The highest BCUT2D eigenvalue weighted by atomic mass is 32.1. The number of furan rings is 1. The molecule has 10 aromatic carbocycles. The standard InChI is InChI=1S/C54H33NOS/c1-2-12-34(13-3-1)39-26-29-43-45-20-10-21-46(54(45)57-51(43)32-39)47-33-48-52-49(22-11-23-50(52)56-53(48)44-19-9-8-18-42(44)47)55(40-27-24-35-14-4-6-16-37(35)30-40)41-28-25-36-15-5-7-17-38(36)31-41/h1-33H. The summed E-state index contributed by atoms with van der Waals surface area (Å²) in [6.07, 6.45) is 0. The van der Waals surface area contributed by atoms with Gasteiger partial charge in [0, 0.05) is 47.9 Å². The first-order valence-corrected chi connectivity index (χ1v) is 20.2. The maximum Gasteiger partial charge on any atom is 0.143 e. The van der Waals surface area contributed by atoms with Crippen molar-refractivity contribution in [1.29, 1.82) is 0 Å². The van der Waals surface area contributed by atoms with Gasteiger partial charge in [0.25, 0.3) is 0 Å². The van der Waals surface area contributed by atoms with Crippen LogP contribution in [0.5, 0.6) is 0 Å². The molecule has 0 unspecified atom stereocenters. The van der Waals surface area contributed by atoms with Crippen LogP contribution >= 0.6 is 11.3 Å². The van der Waals surface area contributed by atoms with E-state index in [2.05, 4.69) is 205 Å². The fraction of sp³-hybridized carbons (Fsp3) is 0. The van der Waals surface area contributed by atoms with Crippen molar-refractivity contribution in [2.45, 2.75) is 0 Å². The Morgan fingerprint density at radius 3 is 1.79 bits per heavy atom. The molecule has 0 fully saturated rings. The molecule has 12 rings (SSSR count). The molecule has 0 spiro atoms. The van der Waals surface area contributed by atoms with E-state index in [0.29, 0.717) is 0 Å². The van der Waals surface area contributed by atoms with Crippen molar-refractivity contribution in [1.82, 2.24) is 0 Å². The highest BCUT2D eigenvalue weighted by molar-refractivity contribution is 7.26. The molecule has 0 bridgehead atoms. The number of benzene rings is 10. The summed E-state index contributed by atoms with van der Waals surface area (Å²) in [7, 11) is 0. The normalized spacial score (nSPS) is 11.9. The van der Waals surface area contributed by atoms with Crippen molar-refractivity contribution in [2.75, 3.05) is 4.90 Å². The lowest BCUT2D eigenvalue weighted by Crippen LogP contribution is -2.10. The highest BCUT2D eigenvalue weighted by Crippen LogP contribution is 2.49. The van der Waals surface area contributed by atoms with Crippen molar-refractivity contribution in [3.63, 3.8) is 0 Å². The van der Waals surface area contributed by atoms with E-state index < -0.39 is 0 Å². The van der Waals surface area contributed by atoms with Crippen LogP contribution in [0.2, 0.25) is 0 Å². The molecule has 0 atom stereocenters. The van der Waals surface area contributed by atoms with Gasteiger partial charge in [-0.1, -0.05) is 152 Å². The van der Waals surface area contributed by atoms with Crippen LogP contribution in [0.15, 0.2) is 205 Å². The van der Waals surface area contributed by atoms with Gasteiger partial charge in [0.2, 0.25) is 0 Å². The molecule has 0 saturated carbocycles. The van der Waals surface area contributed by atoms with Gasteiger partial charge in [-0.05, 0) is 92.2 Å². The Bertz CT molecular complexity index is 3460. The third-order valence-corrected chi connectivity index (χ3v) is 12.8. The Hall–Kier alpha value is -7.20. The van der Waals surface area contributed by atoms with Gasteiger partial charge in [0.05, 0.1) is 11.1 Å². The fourth-order valence-corrected chi connectivity index (χ4v) is 10.2. The predicted octanol–water partition coefficient (Wildman–Crippen LogP) is 16.2. The smallest absolute Gasteiger partial charge is 0.143 e. The summed E-state index contributed by atoms with van der Waals surface area (Å²) in [5, 5.41) is 11.9. The molecule has 2 nitrogen and oxygen atoms in total. The Balaban J connectivity index is 1.13. The molecular formula is C54H33NOS. The molecular weight excluding hydrogens is 711 g/mol. The third-order valence-electron chi connectivity index (χ3n) is 11.6. The van der Waals surface area contributed by atoms with Crippen molar-refractivity contribution in [2.24, 2.45) is 0 Å². The second-order valence-corrected chi connectivity index (χ2v) is 15.9. The second-order valence-electron chi connectivity index (χ2n) is 14.9. The number of hydrogen-bond acceptors (Lipinski definition) is 3. The van der Waals surface area contributed by atoms with Gasteiger partial charge < -0.3 is 9.32 Å². The van der Waals surface area contributed by atoms with Gasteiger partial charge in [-0.15, -0.1) is 11.3 Å². The van der Waals surface area contributed by atoms with E-state index in [0.717, 1.165) is 44.4 Å². The first-order valence-electron chi connectivity index (χ1n) is 19.4. The van der Waals surface area contributed by atoms with E-state index >= 15 is 0 Å². The summed E-state index contributed by atoms with van der Waals surface area (Å²) in [4.78, 5) is 2.40. The van der Waals surface area contributed by atoms with Crippen molar-refractivity contribution in [3.8, 4) is 22.3 Å². The average molecular weight is 744 g/mol. The lowest BCUT2D eigenvalue weighted by molar-refractivity contribution is 0.672. The zero-order valence-electron chi connectivity index (χ0n) is 30.8. The number of thiophene rings is 1. The Labute approximate surface area is 333 Å². The molecule has 0 N–H and O–H groups in total. The summed E-state index contributed by atoms with van der Waals surface area (Å²) < 4.78 is 9.52. The van der Waals surface area contributed by atoms with Crippen molar-refractivity contribution < 1.29 is 4.42 Å².